The number of anilines is 1. The number of rotatable bonds is 8. The summed E-state index contributed by atoms with van der Waals surface area (Å²) in [5.41, 5.74) is 2.90. The quantitative estimate of drug-likeness (QED) is 0.284. The Morgan fingerprint density at radius 2 is 1.77 bits per heavy atom. The molecular formula is C27H27ClN6O3S2. The molecule has 202 valence electrons. The van der Waals surface area contributed by atoms with Crippen LogP contribution in [0.2, 0.25) is 5.02 Å². The van der Waals surface area contributed by atoms with Crippen LogP contribution < -0.4 is 5.32 Å². The summed E-state index contributed by atoms with van der Waals surface area (Å²) < 4.78 is 29.5. The van der Waals surface area contributed by atoms with Crippen LogP contribution in [0.3, 0.4) is 0 Å². The van der Waals surface area contributed by atoms with Gasteiger partial charge in [-0.05, 0) is 67.8 Å². The average molecular weight is 583 g/mol. The number of carbonyl (C=O) groups is 1. The van der Waals surface area contributed by atoms with Crippen LogP contribution in [0.1, 0.15) is 24.8 Å². The van der Waals surface area contributed by atoms with Gasteiger partial charge in [0.2, 0.25) is 15.9 Å². The van der Waals surface area contributed by atoms with Crippen molar-refractivity contribution in [3.63, 3.8) is 0 Å². The lowest BCUT2D eigenvalue weighted by molar-refractivity contribution is -0.113. The van der Waals surface area contributed by atoms with Gasteiger partial charge in [-0.3, -0.25) is 14.3 Å². The molecule has 0 aliphatic carbocycles. The fourth-order valence-corrected chi connectivity index (χ4v) is 6.90. The standard InChI is InChI=1S/C27H27ClN6O3S2/c1-19-23(28)9-6-10-24(19)34-26(20-11-13-29-14-12-20)31-32-27(34)38-18-25(35)30-21-7-5-8-22(17-21)39(36,37)33-15-3-2-4-16-33/h5-14,17H,2-4,15-16,18H2,1H3,(H,30,35). The zero-order valence-corrected chi connectivity index (χ0v) is 23.6. The molecule has 3 heterocycles. The maximum atomic E-state index is 13.1. The number of benzene rings is 2. The van der Waals surface area contributed by atoms with Crippen molar-refractivity contribution < 1.29 is 13.2 Å². The third-order valence-corrected chi connectivity index (χ3v) is 9.69. The van der Waals surface area contributed by atoms with Crippen LogP contribution in [0.5, 0.6) is 0 Å². The number of pyridine rings is 1. The first-order chi connectivity index (χ1) is 18.8. The number of nitrogens with one attached hydrogen (secondary N) is 1. The summed E-state index contributed by atoms with van der Waals surface area (Å²) in [7, 11) is -3.60. The fraction of sp³-hybridized carbons (Fsp3) is 0.259. The van der Waals surface area contributed by atoms with Crippen molar-refractivity contribution >= 4 is 45.0 Å². The molecule has 0 atom stereocenters. The van der Waals surface area contributed by atoms with Gasteiger partial charge in [0, 0.05) is 41.8 Å². The van der Waals surface area contributed by atoms with Gasteiger partial charge in [0.05, 0.1) is 16.3 Å². The monoisotopic (exact) mass is 582 g/mol. The van der Waals surface area contributed by atoms with Crippen molar-refractivity contribution in [2.24, 2.45) is 0 Å². The lowest BCUT2D eigenvalue weighted by Gasteiger charge is -2.26. The van der Waals surface area contributed by atoms with Crippen molar-refractivity contribution in [2.75, 3.05) is 24.2 Å². The zero-order valence-electron chi connectivity index (χ0n) is 21.2. The summed E-state index contributed by atoms with van der Waals surface area (Å²) in [5.74, 6) is 0.341. The molecule has 0 bridgehead atoms. The van der Waals surface area contributed by atoms with E-state index in [-0.39, 0.29) is 16.6 Å². The van der Waals surface area contributed by atoms with E-state index in [1.54, 1.807) is 30.6 Å². The van der Waals surface area contributed by atoms with Gasteiger partial charge in [0.25, 0.3) is 0 Å². The summed E-state index contributed by atoms with van der Waals surface area (Å²) >= 11 is 7.64. The highest BCUT2D eigenvalue weighted by atomic mass is 35.5. The van der Waals surface area contributed by atoms with Crippen molar-refractivity contribution in [1.29, 1.82) is 0 Å². The third kappa shape index (κ3) is 6.01. The molecule has 1 saturated heterocycles. The second-order valence-electron chi connectivity index (χ2n) is 9.09. The fourth-order valence-electron chi connectivity index (χ4n) is 4.42. The number of sulfonamides is 1. The van der Waals surface area contributed by atoms with Crippen LogP contribution >= 0.6 is 23.4 Å². The molecule has 0 spiro atoms. The van der Waals surface area contributed by atoms with E-state index >= 15 is 0 Å². The molecule has 1 aliphatic rings. The summed E-state index contributed by atoms with van der Waals surface area (Å²) in [5, 5.41) is 12.7. The SMILES string of the molecule is Cc1c(Cl)cccc1-n1c(SCC(=O)Nc2cccc(S(=O)(=O)N3CCCCC3)c2)nnc1-c1ccncc1. The molecule has 9 nitrogen and oxygen atoms in total. The van der Waals surface area contributed by atoms with Crippen LogP contribution in [0.15, 0.2) is 77.0 Å². The van der Waals surface area contributed by atoms with Gasteiger partial charge >= 0.3 is 0 Å². The molecular weight excluding hydrogens is 556 g/mol. The van der Waals surface area contributed by atoms with E-state index in [4.69, 9.17) is 11.6 Å². The maximum Gasteiger partial charge on any atom is 0.243 e. The number of thioether (sulfide) groups is 1. The number of hydrogen-bond acceptors (Lipinski definition) is 7. The third-order valence-electron chi connectivity index (χ3n) is 6.45. The highest BCUT2D eigenvalue weighted by Gasteiger charge is 2.26. The number of amides is 1. The summed E-state index contributed by atoms with van der Waals surface area (Å²) in [6.45, 7) is 2.95. The maximum absolute atomic E-state index is 13.1. The second-order valence-corrected chi connectivity index (χ2v) is 12.4. The van der Waals surface area contributed by atoms with Crippen molar-refractivity contribution in [1.82, 2.24) is 24.1 Å². The number of carbonyl (C=O) groups excluding carboxylic acids is 1. The van der Waals surface area contributed by atoms with Crippen LogP contribution in [-0.2, 0) is 14.8 Å². The van der Waals surface area contributed by atoms with E-state index in [0.29, 0.717) is 34.8 Å². The highest BCUT2D eigenvalue weighted by molar-refractivity contribution is 7.99. The molecule has 1 N–H and O–H groups in total. The van der Waals surface area contributed by atoms with Gasteiger partial charge in [0.1, 0.15) is 0 Å². The topological polar surface area (TPSA) is 110 Å². The molecule has 1 amide bonds. The number of hydrogen-bond donors (Lipinski definition) is 1. The molecule has 2 aromatic carbocycles. The Morgan fingerprint density at radius 3 is 2.54 bits per heavy atom. The molecule has 5 rings (SSSR count). The number of aromatic nitrogens is 4. The van der Waals surface area contributed by atoms with Crippen LogP contribution in [0.4, 0.5) is 5.69 Å². The predicted octanol–water partition coefficient (Wildman–Crippen LogP) is 5.20. The van der Waals surface area contributed by atoms with Crippen molar-refractivity contribution in [2.45, 2.75) is 36.2 Å². The van der Waals surface area contributed by atoms with E-state index in [9.17, 15) is 13.2 Å². The van der Waals surface area contributed by atoms with Crippen molar-refractivity contribution in [3.05, 3.63) is 77.6 Å². The van der Waals surface area contributed by atoms with Gasteiger partial charge in [-0.15, -0.1) is 10.2 Å². The summed E-state index contributed by atoms with van der Waals surface area (Å²) in [6, 6.07) is 15.7. The minimum absolute atomic E-state index is 0.0389. The molecule has 2 aromatic heterocycles. The van der Waals surface area contributed by atoms with Crippen LogP contribution in [0.25, 0.3) is 17.1 Å². The second kappa shape index (κ2) is 11.9. The number of piperidine rings is 1. The van der Waals surface area contributed by atoms with Crippen LogP contribution in [-0.4, -0.2) is 57.2 Å². The van der Waals surface area contributed by atoms with Gasteiger partial charge in [-0.2, -0.15) is 4.31 Å². The molecule has 4 aromatic rings. The predicted molar refractivity (Wildman–Crippen MR) is 153 cm³/mol. The van der Waals surface area contributed by atoms with E-state index in [2.05, 4.69) is 20.5 Å². The molecule has 12 heteroatoms. The molecule has 1 fully saturated rings. The first-order valence-corrected chi connectivity index (χ1v) is 15.3. The first kappa shape index (κ1) is 27.3. The molecule has 39 heavy (non-hydrogen) atoms. The Hall–Kier alpha value is -3.25. The smallest absolute Gasteiger partial charge is 0.243 e. The first-order valence-electron chi connectivity index (χ1n) is 12.5. The lowest BCUT2D eigenvalue weighted by atomic mass is 10.2. The average Bonchev–Trinajstić information content (AvgIpc) is 3.38. The van der Waals surface area contributed by atoms with Crippen molar-refractivity contribution in [3.8, 4) is 17.1 Å². The molecule has 0 unspecified atom stereocenters. The molecule has 1 aliphatic heterocycles. The minimum atomic E-state index is -3.60. The van der Waals surface area contributed by atoms with Gasteiger partial charge < -0.3 is 5.32 Å². The van der Waals surface area contributed by atoms with Gasteiger partial charge in [-0.25, -0.2) is 8.42 Å². The van der Waals surface area contributed by atoms with Gasteiger partial charge in [-0.1, -0.05) is 41.9 Å². The lowest BCUT2D eigenvalue weighted by Crippen LogP contribution is -2.35. The van der Waals surface area contributed by atoms with E-state index in [1.807, 2.05) is 41.8 Å². The Labute approximate surface area is 236 Å². The zero-order chi connectivity index (χ0) is 27.4. The Balaban J connectivity index is 1.35. The Bertz CT molecular complexity index is 1590. The van der Waals surface area contributed by atoms with Gasteiger partial charge in [0.15, 0.2) is 11.0 Å². The number of halogens is 1. The summed E-state index contributed by atoms with van der Waals surface area (Å²) in [4.78, 5) is 17.2. The normalized spacial score (nSPS) is 14.3. The van der Waals surface area contributed by atoms with E-state index < -0.39 is 10.0 Å². The Kier molecular flexibility index (Phi) is 8.31. The molecule has 0 radical (unpaired) electrons. The van der Waals surface area contributed by atoms with E-state index in [1.165, 1.54) is 22.1 Å². The largest absolute Gasteiger partial charge is 0.325 e. The highest BCUT2D eigenvalue weighted by Crippen LogP contribution is 2.31. The van der Waals surface area contributed by atoms with Crippen LogP contribution in [0, 0.1) is 6.92 Å². The molecule has 0 saturated carbocycles. The van der Waals surface area contributed by atoms with E-state index in [0.717, 1.165) is 36.1 Å². The number of nitrogens with zero attached hydrogens (tertiary/aromatic N) is 5. The Morgan fingerprint density at radius 1 is 1.03 bits per heavy atom. The summed E-state index contributed by atoms with van der Waals surface area (Å²) in [6.07, 6.45) is 6.11. The minimum Gasteiger partial charge on any atom is -0.325 e.